The van der Waals surface area contributed by atoms with E-state index in [2.05, 4.69) is 20.8 Å². The maximum absolute atomic E-state index is 11.2. The van der Waals surface area contributed by atoms with Crippen molar-refractivity contribution >= 4 is 17.7 Å². The Morgan fingerprint density at radius 3 is 2.38 bits per heavy atom. The molecule has 0 amide bonds. The topological polar surface area (TPSA) is 37.3 Å². The van der Waals surface area contributed by atoms with Gasteiger partial charge in [0.15, 0.2) is 0 Å². The summed E-state index contributed by atoms with van der Waals surface area (Å²) in [5, 5.41) is 9.26. The van der Waals surface area contributed by atoms with Gasteiger partial charge in [0, 0.05) is 0 Å². The van der Waals surface area contributed by atoms with E-state index in [1.54, 1.807) is 11.8 Å². The van der Waals surface area contributed by atoms with Crippen molar-refractivity contribution in [2.45, 2.75) is 38.4 Å². The van der Waals surface area contributed by atoms with Crippen molar-refractivity contribution in [3.05, 3.63) is 0 Å². The zero-order chi connectivity index (χ0) is 10.1. The van der Waals surface area contributed by atoms with Gasteiger partial charge in [-0.2, -0.15) is 0 Å². The first-order valence-corrected chi connectivity index (χ1v) is 5.86. The van der Waals surface area contributed by atoms with Gasteiger partial charge >= 0.3 is 5.97 Å². The molecule has 0 radical (unpaired) electrons. The second-order valence-corrected chi connectivity index (χ2v) is 5.60. The summed E-state index contributed by atoms with van der Waals surface area (Å²) in [7, 11) is 0. The Balaban J connectivity index is 2.84. The molecule has 1 saturated heterocycles. The van der Waals surface area contributed by atoms with E-state index in [0.717, 1.165) is 18.6 Å². The zero-order valence-electron chi connectivity index (χ0n) is 8.54. The van der Waals surface area contributed by atoms with Gasteiger partial charge in [0.25, 0.3) is 0 Å². The summed E-state index contributed by atoms with van der Waals surface area (Å²) >= 11 is 1.63. The molecule has 13 heavy (non-hydrogen) atoms. The van der Waals surface area contributed by atoms with Crippen molar-refractivity contribution in [2.75, 3.05) is 5.75 Å². The fraction of sp³-hybridized carbons (Fsp3) is 0.900. The van der Waals surface area contributed by atoms with E-state index < -0.39 is 10.7 Å². The third kappa shape index (κ3) is 1.85. The summed E-state index contributed by atoms with van der Waals surface area (Å²) in [5.74, 6) is 1.10. The highest BCUT2D eigenvalue weighted by molar-refractivity contribution is 8.01. The predicted octanol–water partition coefficient (Wildman–Crippen LogP) is 2.63. The molecule has 1 aliphatic rings. The van der Waals surface area contributed by atoms with E-state index in [1.807, 2.05) is 0 Å². The minimum absolute atomic E-state index is 0.262. The standard InChI is InChI=1S/C10H18O2S/c1-7(2)8(3)10(9(11)12)5-4-6-13-10/h7-8H,4-6H2,1-3H3,(H,11,12). The second-order valence-electron chi connectivity index (χ2n) is 4.18. The summed E-state index contributed by atoms with van der Waals surface area (Å²) in [4.78, 5) is 11.2. The van der Waals surface area contributed by atoms with E-state index in [9.17, 15) is 9.90 Å². The summed E-state index contributed by atoms with van der Waals surface area (Å²) in [6, 6.07) is 0. The average molecular weight is 202 g/mol. The number of hydrogen-bond donors (Lipinski definition) is 1. The Morgan fingerprint density at radius 2 is 2.08 bits per heavy atom. The van der Waals surface area contributed by atoms with Gasteiger partial charge in [-0.3, -0.25) is 4.79 Å². The van der Waals surface area contributed by atoms with Crippen LogP contribution in [0.3, 0.4) is 0 Å². The lowest BCUT2D eigenvalue weighted by Crippen LogP contribution is -2.41. The Bertz CT molecular complexity index is 195. The number of thioether (sulfide) groups is 1. The van der Waals surface area contributed by atoms with Crippen LogP contribution in [0.1, 0.15) is 33.6 Å². The minimum Gasteiger partial charge on any atom is -0.480 e. The molecular formula is C10H18O2S. The van der Waals surface area contributed by atoms with Crippen LogP contribution in [0, 0.1) is 11.8 Å². The molecule has 1 aliphatic heterocycles. The molecule has 2 atom stereocenters. The SMILES string of the molecule is CC(C)C(C)C1(C(=O)O)CCCS1. The van der Waals surface area contributed by atoms with Crippen LogP contribution >= 0.6 is 11.8 Å². The van der Waals surface area contributed by atoms with E-state index in [1.165, 1.54) is 0 Å². The molecule has 2 nitrogen and oxygen atoms in total. The maximum atomic E-state index is 11.2. The molecule has 0 aliphatic carbocycles. The van der Waals surface area contributed by atoms with Gasteiger partial charge in [0.05, 0.1) is 0 Å². The summed E-state index contributed by atoms with van der Waals surface area (Å²) in [6.45, 7) is 6.28. The number of rotatable bonds is 3. The molecule has 0 bridgehead atoms. The molecule has 0 spiro atoms. The molecule has 0 aromatic rings. The quantitative estimate of drug-likeness (QED) is 0.764. The van der Waals surface area contributed by atoms with Gasteiger partial charge in [-0.05, 0) is 30.4 Å². The third-order valence-corrected chi connectivity index (χ3v) is 4.91. The van der Waals surface area contributed by atoms with Crippen LogP contribution in [0.5, 0.6) is 0 Å². The number of carbonyl (C=O) groups is 1. The third-order valence-electron chi connectivity index (χ3n) is 3.15. The summed E-state index contributed by atoms with van der Waals surface area (Å²) in [6.07, 6.45) is 1.89. The highest BCUT2D eigenvalue weighted by Crippen LogP contribution is 2.46. The molecule has 2 unspecified atom stereocenters. The number of hydrogen-bond acceptors (Lipinski definition) is 2. The van der Waals surface area contributed by atoms with Crippen molar-refractivity contribution in [2.24, 2.45) is 11.8 Å². The molecule has 1 fully saturated rings. The first-order valence-electron chi connectivity index (χ1n) is 4.88. The number of aliphatic carboxylic acids is 1. The molecule has 1 rings (SSSR count). The fourth-order valence-corrected chi connectivity index (χ4v) is 3.52. The van der Waals surface area contributed by atoms with Crippen LogP contribution < -0.4 is 0 Å². The van der Waals surface area contributed by atoms with Crippen molar-refractivity contribution < 1.29 is 9.90 Å². The molecule has 1 heterocycles. The highest BCUT2D eigenvalue weighted by Gasteiger charge is 2.47. The van der Waals surface area contributed by atoms with E-state index in [0.29, 0.717) is 5.92 Å². The van der Waals surface area contributed by atoms with Crippen molar-refractivity contribution in [1.29, 1.82) is 0 Å². The molecule has 3 heteroatoms. The maximum Gasteiger partial charge on any atom is 0.320 e. The average Bonchev–Trinajstić information content (AvgIpc) is 2.51. The Hall–Kier alpha value is -0.180. The van der Waals surface area contributed by atoms with Crippen LogP contribution in [-0.2, 0) is 4.79 Å². The monoisotopic (exact) mass is 202 g/mol. The van der Waals surface area contributed by atoms with Crippen molar-refractivity contribution in [3.8, 4) is 0 Å². The molecule has 0 aromatic carbocycles. The normalized spacial score (nSPS) is 30.8. The van der Waals surface area contributed by atoms with Gasteiger partial charge in [0.2, 0.25) is 0 Å². The molecule has 0 aromatic heterocycles. The van der Waals surface area contributed by atoms with E-state index >= 15 is 0 Å². The van der Waals surface area contributed by atoms with Crippen molar-refractivity contribution in [3.63, 3.8) is 0 Å². The van der Waals surface area contributed by atoms with Crippen LogP contribution in [0.4, 0.5) is 0 Å². The Kier molecular flexibility index (Phi) is 3.28. The summed E-state index contributed by atoms with van der Waals surface area (Å²) < 4.78 is -0.492. The lowest BCUT2D eigenvalue weighted by molar-refractivity contribution is -0.141. The van der Waals surface area contributed by atoms with Crippen LogP contribution in [-0.4, -0.2) is 21.6 Å². The summed E-state index contributed by atoms with van der Waals surface area (Å²) in [5.41, 5.74) is 0. The van der Waals surface area contributed by atoms with E-state index in [4.69, 9.17) is 0 Å². The molecule has 0 saturated carbocycles. The van der Waals surface area contributed by atoms with Gasteiger partial charge in [-0.15, -0.1) is 11.8 Å². The van der Waals surface area contributed by atoms with Gasteiger partial charge in [-0.1, -0.05) is 20.8 Å². The first-order chi connectivity index (χ1) is 6.00. The first kappa shape index (κ1) is 10.9. The van der Waals surface area contributed by atoms with E-state index in [-0.39, 0.29) is 5.92 Å². The fourth-order valence-electron chi connectivity index (χ4n) is 1.92. The zero-order valence-corrected chi connectivity index (χ0v) is 9.36. The van der Waals surface area contributed by atoms with Crippen LogP contribution in [0.25, 0.3) is 0 Å². The second kappa shape index (κ2) is 3.91. The van der Waals surface area contributed by atoms with Crippen molar-refractivity contribution in [1.82, 2.24) is 0 Å². The Labute approximate surface area is 84.1 Å². The van der Waals surface area contributed by atoms with Gasteiger partial charge in [0.1, 0.15) is 4.75 Å². The molecular weight excluding hydrogens is 184 g/mol. The van der Waals surface area contributed by atoms with Gasteiger partial charge < -0.3 is 5.11 Å². The predicted molar refractivity (Wildman–Crippen MR) is 56.1 cm³/mol. The highest BCUT2D eigenvalue weighted by atomic mass is 32.2. The number of carboxylic acids is 1. The lowest BCUT2D eigenvalue weighted by atomic mass is 9.82. The molecule has 76 valence electrons. The lowest BCUT2D eigenvalue weighted by Gasteiger charge is -2.32. The molecule has 1 N–H and O–H groups in total. The number of carboxylic acid groups (broad SMARTS) is 1. The minimum atomic E-state index is -0.615. The smallest absolute Gasteiger partial charge is 0.320 e. The van der Waals surface area contributed by atoms with Crippen LogP contribution in [0.15, 0.2) is 0 Å². The van der Waals surface area contributed by atoms with Gasteiger partial charge in [-0.25, -0.2) is 0 Å². The largest absolute Gasteiger partial charge is 0.480 e. The van der Waals surface area contributed by atoms with Crippen LogP contribution in [0.2, 0.25) is 0 Å². The Morgan fingerprint density at radius 1 is 1.46 bits per heavy atom.